The van der Waals surface area contributed by atoms with Gasteiger partial charge in [0.2, 0.25) is 0 Å². The maximum absolute atomic E-state index is 5.50. The summed E-state index contributed by atoms with van der Waals surface area (Å²) in [6, 6.07) is 5.89. The van der Waals surface area contributed by atoms with Crippen LogP contribution in [0.2, 0.25) is 0 Å². The van der Waals surface area contributed by atoms with Crippen LogP contribution >= 0.6 is 27.5 Å². The van der Waals surface area contributed by atoms with E-state index in [0.29, 0.717) is 5.19 Å². The second-order valence-electron chi connectivity index (χ2n) is 2.74. The van der Waals surface area contributed by atoms with E-state index in [4.69, 9.17) is 4.74 Å². The van der Waals surface area contributed by atoms with Gasteiger partial charge in [-0.25, -0.2) is 0 Å². The first-order valence-corrected chi connectivity index (χ1v) is 5.53. The Bertz CT molecular complexity index is 430. The molecule has 1 aromatic heterocycles. The zero-order valence-electron chi connectivity index (χ0n) is 7.40. The monoisotopic (exact) mass is 270 g/mol. The van der Waals surface area contributed by atoms with Crippen molar-refractivity contribution in [3.63, 3.8) is 0 Å². The van der Waals surface area contributed by atoms with Crippen molar-refractivity contribution in [2.24, 2.45) is 0 Å². The van der Waals surface area contributed by atoms with Crippen LogP contribution in [0.15, 0.2) is 29.0 Å². The number of aryl methyl sites for hydroxylation is 1. The molecule has 5 heteroatoms. The zero-order valence-corrected chi connectivity index (χ0v) is 9.80. The molecular formula is C9H7BrN2OS. The molecule has 2 aromatic rings. The van der Waals surface area contributed by atoms with Crippen LogP contribution in [-0.2, 0) is 0 Å². The van der Waals surface area contributed by atoms with Crippen molar-refractivity contribution in [3.8, 4) is 10.9 Å². The smallest absolute Gasteiger partial charge is 0.298 e. The lowest BCUT2D eigenvalue weighted by Crippen LogP contribution is -1.84. The van der Waals surface area contributed by atoms with E-state index in [0.717, 1.165) is 10.2 Å². The molecule has 0 aliphatic carbocycles. The summed E-state index contributed by atoms with van der Waals surface area (Å²) in [5, 5.41) is 0.551. The number of rotatable bonds is 2. The Morgan fingerprint density at radius 3 is 2.93 bits per heavy atom. The average Bonchev–Trinajstić information content (AvgIpc) is 2.62. The highest BCUT2D eigenvalue weighted by molar-refractivity contribution is 9.10. The van der Waals surface area contributed by atoms with Crippen LogP contribution in [0.25, 0.3) is 0 Å². The summed E-state index contributed by atoms with van der Waals surface area (Å²) in [6.07, 6.45) is 1.47. The van der Waals surface area contributed by atoms with Crippen molar-refractivity contribution < 1.29 is 4.74 Å². The Morgan fingerprint density at radius 2 is 2.29 bits per heavy atom. The molecule has 0 N–H and O–H groups in total. The van der Waals surface area contributed by atoms with E-state index in [-0.39, 0.29) is 0 Å². The third-order valence-corrected chi connectivity index (χ3v) is 2.79. The Morgan fingerprint density at radius 1 is 1.43 bits per heavy atom. The highest BCUT2D eigenvalue weighted by atomic mass is 79.9. The maximum atomic E-state index is 5.50. The minimum Gasteiger partial charge on any atom is -0.429 e. The quantitative estimate of drug-likeness (QED) is 0.839. The second-order valence-corrected chi connectivity index (χ2v) is 4.34. The van der Waals surface area contributed by atoms with Crippen molar-refractivity contribution in [1.29, 1.82) is 0 Å². The lowest BCUT2D eigenvalue weighted by molar-refractivity contribution is 0.475. The summed E-state index contributed by atoms with van der Waals surface area (Å²) < 4.78 is 10.3. The van der Waals surface area contributed by atoms with Crippen LogP contribution in [0.5, 0.6) is 10.9 Å². The summed E-state index contributed by atoms with van der Waals surface area (Å²) in [7, 11) is 0. The van der Waals surface area contributed by atoms with Crippen LogP contribution < -0.4 is 4.74 Å². The van der Waals surface area contributed by atoms with Gasteiger partial charge in [0.25, 0.3) is 5.19 Å². The topological polar surface area (TPSA) is 35.0 Å². The van der Waals surface area contributed by atoms with Crippen molar-refractivity contribution in [3.05, 3.63) is 34.6 Å². The van der Waals surface area contributed by atoms with Crippen molar-refractivity contribution >= 4 is 27.5 Å². The molecule has 0 spiro atoms. The first kappa shape index (κ1) is 9.61. The molecule has 0 saturated carbocycles. The van der Waals surface area contributed by atoms with Crippen LogP contribution in [0.3, 0.4) is 0 Å². The molecule has 0 amide bonds. The largest absolute Gasteiger partial charge is 0.429 e. The summed E-state index contributed by atoms with van der Waals surface area (Å²) >= 11 is 4.65. The van der Waals surface area contributed by atoms with Gasteiger partial charge in [0.05, 0.1) is 4.47 Å². The van der Waals surface area contributed by atoms with Crippen molar-refractivity contribution in [1.82, 2.24) is 9.36 Å². The lowest BCUT2D eigenvalue weighted by Gasteiger charge is -2.04. The Labute approximate surface area is 94.1 Å². The molecule has 14 heavy (non-hydrogen) atoms. The van der Waals surface area contributed by atoms with Crippen LogP contribution in [0.1, 0.15) is 5.56 Å². The highest BCUT2D eigenvalue weighted by Gasteiger charge is 2.04. The third kappa shape index (κ3) is 2.10. The molecule has 0 bridgehead atoms. The molecule has 0 aliphatic rings. The minimum absolute atomic E-state index is 0.551. The summed E-state index contributed by atoms with van der Waals surface area (Å²) in [4.78, 5) is 3.94. The van der Waals surface area contributed by atoms with Gasteiger partial charge in [0, 0.05) is 11.5 Å². The van der Waals surface area contributed by atoms with Crippen LogP contribution in [0, 0.1) is 6.92 Å². The molecule has 1 aromatic carbocycles. The molecule has 3 nitrogen and oxygen atoms in total. The van der Waals surface area contributed by atoms with Gasteiger partial charge in [-0.2, -0.15) is 9.36 Å². The maximum Gasteiger partial charge on any atom is 0.298 e. The SMILES string of the molecule is Cc1ccc(Oc2ncns2)c(Br)c1. The van der Waals surface area contributed by atoms with E-state index >= 15 is 0 Å². The minimum atomic E-state index is 0.551. The van der Waals surface area contributed by atoms with Gasteiger partial charge in [0.15, 0.2) is 0 Å². The predicted octanol–water partition coefficient (Wildman–Crippen LogP) is 3.40. The van der Waals surface area contributed by atoms with Gasteiger partial charge in [-0.15, -0.1) is 0 Å². The first-order chi connectivity index (χ1) is 6.75. The molecule has 0 saturated heterocycles. The van der Waals surface area contributed by atoms with E-state index in [9.17, 15) is 0 Å². The number of hydrogen-bond acceptors (Lipinski definition) is 4. The Balaban J connectivity index is 2.25. The van der Waals surface area contributed by atoms with Crippen molar-refractivity contribution in [2.45, 2.75) is 6.92 Å². The standard InChI is InChI=1S/C9H7BrN2OS/c1-6-2-3-8(7(10)4-6)13-9-11-5-12-14-9/h2-5H,1H3. The molecule has 2 rings (SSSR count). The molecule has 1 heterocycles. The first-order valence-electron chi connectivity index (χ1n) is 3.96. The van der Waals surface area contributed by atoms with E-state index in [2.05, 4.69) is 25.3 Å². The van der Waals surface area contributed by atoms with Gasteiger partial charge < -0.3 is 4.74 Å². The fourth-order valence-electron chi connectivity index (χ4n) is 0.991. The van der Waals surface area contributed by atoms with E-state index in [1.165, 1.54) is 23.4 Å². The average molecular weight is 271 g/mol. The van der Waals surface area contributed by atoms with Gasteiger partial charge in [-0.1, -0.05) is 6.07 Å². The number of aromatic nitrogens is 2. The lowest BCUT2D eigenvalue weighted by atomic mass is 10.2. The van der Waals surface area contributed by atoms with E-state index < -0.39 is 0 Å². The molecule has 0 aliphatic heterocycles. The van der Waals surface area contributed by atoms with Crippen LogP contribution in [-0.4, -0.2) is 9.36 Å². The highest BCUT2D eigenvalue weighted by Crippen LogP contribution is 2.30. The van der Waals surface area contributed by atoms with Crippen LogP contribution in [0.4, 0.5) is 0 Å². The number of benzene rings is 1. The fourth-order valence-corrected chi connectivity index (χ4v) is 1.97. The second kappa shape index (κ2) is 4.06. The van der Waals surface area contributed by atoms with Gasteiger partial charge in [-0.05, 0) is 40.5 Å². The molecular weight excluding hydrogens is 264 g/mol. The van der Waals surface area contributed by atoms with Gasteiger partial charge in [0.1, 0.15) is 12.1 Å². The summed E-state index contributed by atoms with van der Waals surface area (Å²) in [5.74, 6) is 0.757. The Hall–Kier alpha value is -0.940. The molecule has 0 radical (unpaired) electrons. The fraction of sp³-hybridized carbons (Fsp3) is 0.111. The molecule has 0 fully saturated rings. The molecule has 72 valence electrons. The zero-order chi connectivity index (χ0) is 9.97. The summed E-state index contributed by atoms with van der Waals surface area (Å²) in [6.45, 7) is 2.03. The third-order valence-electron chi connectivity index (χ3n) is 1.63. The Kier molecular flexibility index (Phi) is 2.79. The number of ether oxygens (including phenoxy) is 1. The summed E-state index contributed by atoms with van der Waals surface area (Å²) in [5.41, 5.74) is 1.18. The predicted molar refractivity (Wildman–Crippen MR) is 58.9 cm³/mol. The van der Waals surface area contributed by atoms with E-state index in [1.807, 2.05) is 25.1 Å². The van der Waals surface area contributed by atoms with Crippen molar-refractivity contribution in [2.75, 3.05) is 0 Å². The number of halogens is 1. The van der Waals surface area contributed by atoms with Gasteiger partial charge in [-0.3, -0.25) is 0 Å². The molecule has 0 unspecified atom stereocenters. The number of hydrogen-bond donors (Lipinski definition) is 0. The number of nitrogens with zero attached hydrogens (tertiary/aromatic N) is 2. The molecule has 0 atom stereocenters. The van der Waals surface area contributed by atoms with Gasteiger partial charge >= 0.3 is 0 Å². The van der Waals surface area contributed by atoms with E-state index in [1.54, 1.807) is 0 Å². The normalized spacial score (nSPS) is 10.1.